The highest BCUT2D eigenvalue weighted by atomic mass is 16.4. The van der Waals surface area contributed by atoms with Crippen molar-refractivity contribution in [1.82, 2.24) is 0 Å². The van der Waals surface area contributed by atoms with E-state index in [1.165, 1.54) is 6.26 Å². The fourth-order valence-electron chi connectivity index (χ4n) is 2.50. The molecule has 1 saturated carbocycles. The second-order valence-corrected chi connectivity index (χ2v) is 4.55. The number of furan rings is 1. The van der Waals surface area contributed by atoms with Crippen molar-refractivity contribution in [3.05, 3.63) is 23.7 Å². The maximum absolute atomic E-state index is 11.5. The van der Waals surface area contributed by atoms with Crippen LogP contribution in [-0.2, 0) is 10.2 Å². The van der Waals surface area contributed by atoms with Crippen molar-refractivity contribution in [2.45, 2.75) is 44.1 Å². The molecule has 0 aliphatic heterocycles. The summed E-state index contributed by atoms with van der Waals surface area (Å²) in [5.74, 6) is -0.302. The minimum Gasteiger partial charge on any atom is -0.480 e. The summed E-state index contributed by atoms with van der Waals surface area (Å²) in [4.78, 5) is 11.5. The predicted molar refractivity (Wildman–Crippen MR) is 57.2 cm³/mol. The molecular formula is C12H16O4. The predicted octanol–water partition coefficient (Wildman–Crippen LogP) is 1.85. The Kier molecular flexibility index (Phi) is 2.76. The first-order valence-corrected chi connectivity index (χ1v) is 5.52. The number of aliphatic hydroxyl groups excluding tert-OH is 1. The largest absolute Gasteiger partial charge is 0.480 e. The van der Waals surface area contributed by atoms with E-state index in [-0.39, 0.29) is 6.10 Å². The SMILES string of the molecule is Cc1ccoc1C1(C(=O)O)CCC(O)CC1. The van der Waals surface area contributed by atoms with Crippen LogP contribution in [0.5, 0.6) is 0 Å². The van der Waals surface area contributed by atoms with E-state index in [1.54, 1.807) is 6.07 Å². The molecule has 1 aromatic heterocycles. The summed E-state index contributed by atoms with van der Waals surface area (Å²) in [5, 5.41) is 18.9. The van der Waals surface area contributed by atoms with Crippen LogP contribution in [-0.4, -0.2) is 22.3 Å². The molecule has 1 fully saturated rings. The highest BCUT2D eigenvalue weighted by Crippen LogP contribution is 2.41. The molecule has 0 saturated heterocycles. The molecule has 2 rings (SSSR count). The Morgan fingerprint density at radius 3 is 2.56 bits per heavy atom. The first-order valence-electron chi connectivity index (χ1n) is 5.52. The summed E-state index contributed by atoms with van der Waals surface area (Å²) in [7, 11) is 0. The van der Waals surface area contributed by atoms with Crippen LogP contribution in [0.3, 0.4) is 0 Å². The molecule has 0 bridgehead atoms. The van der Waals surface area contributed by atoms with Crippen LogP contribution in [0.25, 0.3) is 0 Å². The van der Waals surface area contributed by atoms with Gasteiger partial charge in [0.2, 0.25) is 0 Å². The Morgan fingerprint density at radius 2 is 2.12 bits per heavy atom. The van der Waals surface area contributed by atoms with Gasteiger partial charge in [0.1, 0.15) is 11.2 Å². The number of hydrogen-bond donors (Lipinski definition) is 2. The topological polar surface area (TPSA) is 70.7 Å². The molecule has 1 aliphatic rings. The van der Waals surface area contributed by atoms with Gasteiger partial charge in [0.05, 0.1) is 12.4 Å². The number of rotatable bonds is 2. The molecule has 4 heteroatoms. The number of hydrogen-bond acceptors (Lipinski definition) is 3. The molecule has 2 N–H and O–H groups in total. The van der Waals surface area contributed by atoms with E-state index in [0.29, 0.717) is 31.4 Å². The maximum Gasteiger partial charge on any atom is 0.317 e. The Balaban J connectivity index is 2.37. The minimum atomic E-state index is -0.938. The molecule has 4 nitrogen and oxygen atoms in total. The third-order valence-corrected chi connectivity index (χ3v) is 3.51. The Morgan fingerprint density at radius 1 is 1.50 bits per heavy atom. The third-order valence-electron chi connectivity index (χ3n) is 3.51. The third kappa shape index (κ3) is 1.63. The van der Waals surface area contributed by atoms with Gasteiger partial charge < -0.3 is 14.6 Å². The van der Waals surface area contributed by atoms with Crippen molar-refractivity contribution in [2.75, 3.05) is 0 Å². The van der Waals surface area contributed by atoms with Gasteiger partial charge in [-0.3, -0.25) is 4.79 Å². The summed E-state index contributed by atoms with van der Waals surface area (Å²) in [6.45, 7) is 1.86. The maximum atomic E-state index is 11.5. The lowest BCUT2D eigenvalue weighted by molar-refractivity contribution is -0.147. The van der Waals surface area contributed by atoms with Crippen LogP contribution in [0, 0.1) is 6.92 Å². The van der Waals surface area contributed by atoms with Gasteiger partial charge in [-0.05, 0) is 44.2 Å². The number of carboxylic acid groups (broad SMARTS) is 1. The first-order chi connectivity index (χ1) is 7.56. The van der Waals surface area contributed by atoms with Crippen LogP contribution >= 0.6 is 0 Å². The highest BCUT2D eigenvalue weighted by Gasteiger charge is 2.46. The lowest BCUT2D eigenvalue weighted by Crippen LogP contribution is -2.41. The second kappa shape index (κ2) is 3.94. The number of carboxylic acids is 1. The normalized spacial score (nSPS) is 30.2. The lowest BCUT2D eigenvalue weighted by atomic mass is 9.70. The molecule has 0 aromatic carbocycles. The zero-order valence-electron chi connectivity index (χ0n) is 9.27. The smallest absolute Gasteiger partial charge is 0.317 e. The molecule has 88 valence electrons. The van der Waals surface area contributed by atoms with Gasteiger partial charge in [-0.1, -0.05) is 0 Å². The molecule has 0 spiro atoms. The summed E-state index contributed by atoms with van der Waals surface area (Å²) >= 11 is 0. The summed E-state index contributed by atoms with van der Waals surface area (Å²) in [6.07, 6.45) is 3.08. The van der Waals surface area contributed by atoms with Crippen LogP contribution in [0.1, 0.15) is 37.0 Å². The van der Waals surface area contributed by atoms with Crippen LogP contribution in [0.2, 0.25) is 0 Å². The zero-order valence-corrected chi connectivity index (χ0v) is 9.27. The second-order valence-electron chi connectivity index (χ2n) is 4.55. The molecule has 16 heavy (non-hydrogen) atoms. The molecule has 0 amide bonds. The van der Waals surface area contributed by atoms with Crippen molar-refractivity contribution in [3.63, 3.8) is 0 Å². The fourth-order valence-corrected chi connectivity index (χ4v) is 2.50. The van der Waals surface area contributed by atoms with E-state index in [4.69, 9.17) is 4.42 Å². The van der Waals surface area contributed by atoms with Gasteiger partial charge in [0, 0.05) is 0 Å². The molecule has 1 aliphatic carbocycles. The van der Waals surface area contributed by atoms with E-state index >= 15 is 0 Å². The van der Waals surface area contributed by atoms with Crippen LogP contribution in [0.4, 0.5) is 0 Å². The van der Waals surface area contributed by atoms with E-state index < -0.39 is 11.4 Å². The van der Waals surface area contributed by atoms with E-state index in [0.717, 1.165) is 5.56 Å². The molecular weight excluding hydrogens is 208 g/mol. The standard InChI is InChI=1S/C12H16O4/c1-8-4-7-16-10(8)12(11(14)15)5-2-9(13)3-6-12/h4,7,9,13H,2-3,5-6H2,1H3,(H,14,15). The average Bonchev–Trinajstić information content (AvgIpc) is 2.66. The summed E-state index contributed by atoms with van der Waals surface area (Å²) < 4.78 is 5.34. The van der Waals surface area contributed by atoms with Crippen molar-refractivity contribution in [1.29, 1.82) is 0 Å². The molecule has 0 atom stereocenters. The molecule has 1 aromatic rings. The number of aliphatic carboxylic acids is 1. The quantitative estimate of drug-likeness (QED) is 0.804. The number of aliphatic hydroxyl groups is 1. The Hall–Kier alpha value is -1.29. The zero-order chi connectivity index (χ0) is 11.8. The van der Waals surface area contributed by atoms with Gasteiger partial charge in [-0.25, -0.2) is 0 Å². The van der Waals surface area contributed by atoms with Gasteiger partial charge in [0.25, 0.3) is 0 Å². The first kappa shape index (κ1) is 11.2. The molecule has 0 unspecified atom stereocenters. The fraction of sp³-hybridized carbons (Fsp3) is 0.583. The molecule has 0 radical (unpaired) electrons. The van der Waals surface area contributed by atoms with Crippen LogP contribution < -0.4 is 0 Å². The van der Waals surface area contributed by atoms with Gasteiger partial charge in [0.15, 0.2) is 0 Å². The van der Waals surface area contributed by atoms with Crippen LogP contribution in [0.15, 0.2) is 16.7 Å². The van der Waals surface area contributed by atoms with Crippen molar-refractivity contribution in [3.8, 4) is 0 Å². The van der Waals surface area contributed by atoms with Gasteiger partial charge in [-0.2, -0.15) is 0 Å². The number of aryl methyl sites for hydroxylation is 1. The highest BCUT2D eigenvalue weighted by molar-refractivity contribution is 5.81. The Labute approximate surface area is 93.9 Å². The minimum absolute atomic E-state index is 0.372. The van der Waals surface area contributed by atoms with E-state index in [1.807, 2.05) is 6.92 Å². The van der Waals surface area contributed by atoms with E-state index in [9.17, 15) is 15.0 Å². The number of carbonyl (C=O) groups is 1. The monoisotopic (exact) mass is 224 g/mol. The van der Waals surface area contributed by atoms with Crippen molar-refractivity contribution < 1.29 is 19.4 Å². The van der Waals surface area contributed by atoms with Crippen molar-refractivity contribution in [2.24, 2.45) is 0 Å². The summed E-state index contributed by atoms with van der Waals surface area (Å²) in [5.41, 5.74) is -0.0638. The molecule has 1 heterocycles. The van der Waals surface area contributed by atoms with Gasteiger partial charge >= 0.3 is 5.97 Å². The lowest BCUT2D eigenvalue weighted by Gasteiger charge is -2.34. The van der Waals surface area contributed by atoms with Gasteiger partial charge in [-0.15, -0.1) is 0 Å². The average molecular weight is 224 g/mol. The van der Waals surface area contributed by atoms with Crippen molar-refractivity contribution >= 4 is 5.97 Å². The Bertz CT molecular complexity index is 385. The van der Waals surface area contributed by atoms with E-state index in [2.05, 4.69) is 0 Å². The summed E-state index contributed by atoms with van der Waals surface area (Å²) in [6, 6.07) is 1.78.